The van der Waals surface area contributed by atoms with Gasteiger partial charge in [-0.3, -0.25) is 9.98 Å². The van der Waals surface area contributed by atoms with Crippen molar-refractivity contribution in [2.24, 2.45) is 4.99 Å². The predicted molar refractivity (Wildman–Crippen MR) is 100 cm³/mol. The molecule has 0 radical (unpaired) electrons. The Morgan fingerprint density at radius 2 is 1.96 bits per heavy atom. The number of nitrogens with one attached hydrogen (secondary N) is 1. The van der Waals surface area contributed by atoms with Crippen LogP contribution >= 0.6 is 0 Å². The fourth-order valence-electron chi connectivity index (χ4n) is 3.21. The zero-order chi connectivity index (χ0) is 18.1. The van der Waals surface area contributed by atoms with E-state index in [9.17, 15) is 4.79 Å². The third kappa shape index (κ3) is 2.92. The molecule has 0 bridgehead atoms. The summed E-state index contributed by atoms with van der Waals surface area (Å²) in [5, 5.41) is 3.21. The lowest BCUT2D eigenvalue weighted by atomic mass is 9.91. The number of hydrogen-bond donors (Lipinski definition) is 1. The Labute approximate surface area is 152 Å². The monoisotopic (exact) mass is 345 g/mol. The Bertz CT molecular complexity index is 958. The van der Waals surface area contributed by atoms with Gasteiger partial charge in [0.1, 0.15) is 11.7 Å². The minimum Gasteiger partial charge on any atom is -0.466 e. The summed E-state index contributed by atoms with van der Waals surface area (Å²) in [6, 6.07) is 13.3. The molecule has 1 aliphatic heterocycles. The highest BCUT2D eigenvalue weighted by Crippen LogP contribution is 2.40. The molecule has 0 spiro atoms. The number of ether oxygens (including phenoxy) is 1. The Morgan fingerprint density at radius 3 is 2.65 bits per heavy atom. The van der Waals surface area contributed by atoms with E-state index in [0.29, 0.717) is 11.4 Å². The Morgan fingerprint density at radius 1 is 1.19 bits per heavy atom. The van der Waals surface area contributed by atoms with Gasteiger partial charge >= 0.3 is 5.97 Å². The third-order valence-electron chi connectivity index (χ3n) is 4.56. The number of aliphatic imine (C=N–C) groups is 1. The molecule has 0 saturated heterocycles. The number of methoxy groups -OCH3 is 1. The van der Waals surface area contributed by atoms with Gasteiger partial charge in [0.25, 0.3) is 0 Å². The molecule has 2 aliphatic rings. The van der Waals surface area contributed by atoms with Gasteiger partial charge in [0.2, 0.25) is 0 Å². The summed E-state index contributed by atoms with van der Waals surface area (Å²) < 4.78 is 5.03. The molecule has 0 amide bonds. The van der Waals surface area contributed by atoms with Gasteiger partial charge in [-0.15, -0.1) is 0 Å². The fourth-order valence-corrected chi connectivity index (χ4v) is 3.21. The second-order valence-electron chi connectivity index (χ2n) is 6.27. The molecule has 130 valence electrons. The molecule has 1 unspecified atom stereocenters. The summed E-state index contributed by atoms with van der Waals surface area (Å²) in [6.45, 7) is 1.87. The molecule has 1 atom stereocenters. The van der Waals surface area contributed by atoms with Crippen molar-refractivity contribution in [1.29, 1.82) is 0 Å². The Hall–Kier alpha value is -3.21. The number of aromatic nitrogens is 1. The molecule has 1 aliphatic carbocycles. The van der Waals surface area contributed by atoms with E-state index in [0.717, 1.165) is 28.9 Å². The van der Waals surface area contributed by atoms with E-state index in [4.69, 9.17) is 9.73 Å². The molecule has 0 saturated carbocycles. The van der Waals surface area contributed by atoms with Gasteiger partial charge in [-0.25, -0.2) is 4.79 Å². The SMILES string of the molecule is COC(=O)C1=C(C)NC(c2ccccn2)=NC1c1ccccc1C1=CC1. The number of benzene rings is 1. The number of carbonyl (C=O) groups excluding carboxylic acids is 1. The van der Waals surface area contributed by atoms with Crippen LogP contribution in [-0.2, 0) is 9.53 Å². The zero-order valence-electron chi connectivity index (χ0n) is 14.7. The smallest absolute Gasteiger partial charge is 0.338 e. The molecule has 1 aromatic carbocycles. The van der Waals surface area contributed by atoms with Crippen molar-refractivity contribution in [2.75, 3.05) is 7.11 Å². The molecule has 1 N–H and O–H groups in total. The molecule has 1 aromatic heterocycles. The fraction of sp³-hybridized carbons (Fsp3) is 0.190. The van der Waals surface area contributed by atoms with E-state index in [1.807, 2.05) is 43.3 Å². The molecule has 0 fully saturated rings. The Kier molecular flexibility index (Phi) is 4.13. The van der Waals surface area contributed by atoms with E-state index in [2.05, 4.69) is 22.4 Å². The number of carbonyl (C=O) groups is 1. The molecule has 4 rings (SSSR count). The average Bonchev–Trinajstić information content (AvgIpc) is 3.52. The van der Waals surface area contributed by atoms with Crippen LogP contribution in [0.4, 0.5) is 0 Å². The lowest BCUT2D eigenvalue weighted by Gasteiger charge is -2.26. The number of nitrogens with zero attached hydrogens (tertiary/aromatic N) is 2. The van der Waals surface area contributed by atoms with Gasteiger partial charge in [-0.05, 0) is 42.2 Å². The molecule has 5 heteroatoms. The number of amidine groups is 1. The van der Waals surface area contributed by atoms with Crippen molar-refractivity contribution < 1.29 is 9.53 Å². The van der Waals surface area contributed by atoms with E-state index >= 15 is 0 Å². The normalized spacial score (nSPS) is 18.6. The van der Waals surface area contributed by atoms with Crippen LogP contribution in [0.15, 0.2) is 71.0 Å². The highest BCUT2D eigenvalue weighted by Gasteiger charge is 2.32. The predicted octanol–water partition coefficient (Wildman–Crippen LogP) is 3.41. The molecular formula is C21H19N3O2. The summed E-state index contributed by atoms with van der Waals surface area (Å²) >= 11 is 0. The summed E-state index contributed by atoms with van der Waals surface area (Å²) in [5.41, 5.74) is 5.43. The lowest BCUT2D eigenvalue weighted by molar-refractivity contribution is -0.136. The highest BCUT2D eigenvalue weighted by atomic mass is 16.5. The van der Waals surface area contributed by atoms with Crippen molar-refractivity contribution in [3.05, 3.63) is 82.8 Å². The maximum Gasteiger partial charge on any atom is 0.338 e. The summed E-state index contributed by atoms with van der Waals surface area (Å²) in [5.74, 6) is 0.281. The first kappa shape index (κ1) is 16.3. The van der Waals surface area contributed by atoms with Crippen LogP contribution in [0.2, 0.25) is 0 Å². The first-order chi connectivity index (χ1) is 12.7. The largest absolute Gasteiger partial charge is 0.466 e. The van der Waals surface area contributed by atoms with E-state index in [1.54, 1.807) is 6.20 Å². The van der Waals surface area contributed by atoms with Gasteiger partial charge < -0.3 is 10.1 Å². The lowest BCUT2D eigenvalue weighted by Crippen LogP contribution is -2.33. The molecule has 2 heterocycles. The number of esters is 1. The first-order valence-electron chi connectivity index (χ1n) is 8.52. The second kappa shape index (κ2) is 6.59. The maximum absolute atomic E-state index is 12.5. The van der Waals surface area contributed by atoms with Gasteiger partial charge in [0, 0.05) is 11.9 Å². The summed E-state index contributed by atoms with van der Waals surface area (Å²) in [4.78, 5) is 21.7. The third-order valence-corrected chi connectivity index (χ3v) is 4.56. The van der Waals surface area contributed by atoms with Crippen LogP contribution in [0.5, 0.6) is 0 Å². The molecular weight excluding hydrogens is 326 g/mol. The average molecular weight is 345 g/mol. The summed E-state index contributed by atoms with van der Waals surface area (Å²) in [6.07, 6.45) is 4.89. The van der Waals surface area contributed by atoms with Crippen LogP contribution in [0.1, 0.15) is 36.2 Å². The Balaban J connectivity index is 1.86. The van der Waals surface area contributed by atoms with Gasteiger partial charge in [-0.1, -0.05) is 36.4 Å². The van der Waals surface area contributed by atoms with Crippen molar-refractivity contribution >= 4 is 17.4 Å². The van der Waals surface area contributed by atoms with Crippen LogP contribution in [0.25, 0.3) is 5.57 Å². The van der Waals surface area contributed by atoms with Gasteiger partial charge in [0.05, 0.1) is 12.7 Å². The van der Waals surface area contributed by atoms with E-state index in [1.165, 1.54) is 12.7 Å². The number of hydrogen-bond acceptors (Lipinski definition) is 5. The standard InChI is InChI=1S/C21H19N3O2/c1-13-18(21(25)26-2)19(16-8-4-3-7-15(16)14-10-11-14)24-20(23-13)17-9-5-6-12-22-17/h3-10,12,19H,11H2,1-2H3,(H,23,24). The number of pyridine rings is 1. The van der Waals surface area contributed by atoms with Crippen LogP contribution in [0.3, 0.4) is 0 Å². The van der Waals surface area contributed by atoms with Crippen molar-refractivity contribution in [1.82, 2.24) is 10.3 Å². The molecule has 2 aromatic rings. The second-order valence-corrected chi connectivity index (χ2v) is 6.27. The maximum atomic E-state index is 12.5. The van der Waals surface area contributed by atoms with Crippen LogP contribution in [-0.4, -0.2) is 23.9 Å². The minimum absolute atomic E-state index is 0.372. The van der Waals surface area contributed by atoms with E-state index in [-0.39, 0.29) is 5.97 Å². The van der Waals surface area contributed by atoms with Crippen LogP contribution < -0.4 is 5.32 Å². The van der Waals surface area contributed by atoms with Crippen molar-refractivity contribution in [3.63, 3.8) is 0 Å². The summed E-state index contributed by atoms with van der Waals surface area (Å²) in [7, 11) is 1.40. The number of rotatable bonds is 4. The zero-order valence-corrected chi connectivity index (χ0v) is 14.7. The van der Waals surface area contributed by atoms with Crippen molar-refractivity contribution in [2.45, 2.75) is 19.4 Å². The van der Waals surface area contributed by atoms with Crippen molar-refractivity contribution in [3.8, 4) is 0 Å². The highest BCUT2D eigenvalue weighted by molar-refractivity contribution is 6.02. The number of allylic oxidation sites excluding steroid dienone is 3. The molecule has 26 heavy (non-hydrogen) atoms. The van der Waals surface area contributed by atoms with Gasteiger partial charge in [-0.2, -0.15) is 0 Å². The minimum atomic E-state index is -0.432. The van der Waals surface area contributed by atoms with E-state index < -0.39 is 6.04 Å². The topological polar surface area (TPSA) is 63.6 Å². The van der Waals surface area contributed by atoms with Crippen LogP contribution in [0, 0.1) is 0 Å². The van der Waals surface area contributed by atoms with Gasteiger partial charge in [0.15, 0.2) is 5.84 Å². The first-order valence-corrected chi connectivity index (χ1v) is 8.52. The molecule has 5 nitrogen and oxygen atoms in total. The quantitative estimate of drug-likeness (QED) is 0.863.